The molecule has 0 spiro atoms. The van der Waals surface area contributed by atoms with Crippen LogP contribution in [-0.2, 0) is 0 Å². The molecule has 5 nitrogen and oxygen atoms in total. The highest BCUT2D eigenvalue weighted by molar-refractivity contribution is 7.95. The highest BCUT2D eigenvalue weighted by atomic mass is 35.5. The van der Waals surface area contributed by atoms with Crippen molar-refractivity contribution in [2.45, 2.75) is 34.6 Å². The van der Waals surface area contributed by atoms with Gasteiger partial charge in [0.2, 0.25) is 0 Å². The number of hydrogen-bond donors (Lipinski definition) is 1. The first-order chi connectivity index (χ1) is 11.4. The van der Waals surface area contributed by atoms with Gasteiger partial charge >= 0.3 is 0 Å². The Morgan fingerprint density at radius 3 is 2.62 bits per heavy atom. The predicted octanol–water partition coefficient (Wildman–Crippen LogP) is 4.47. The van der Waals surface area contributed by atoms with Crippen molar-refractivity contribution >= 4 is 40.5 Å². The number of hydrogen-bond acceptors (Lipinski definition) is 5. The summed E-state index contributed by atoms with van der Waals surface area (Å²) < 4.78 is 7.64. The van der Waals surface area contributed by atoms with Crippen molar-refractivity contribution in [3.8, 4) is 0 Å². The summed E-state index contributed by atoms with van der Waals surface area (Å²) in [6.07, 6.45) is 4.24. The zero-order valence-electron chi connectivity index (χ0n) is 14.2. The molecule has 2 aliphatic heterocycles. The summed E-state index contributed by atoms with van der Waals surface area (Å²) in [5.74, 6) is 0.678. The van der Waals surface area contributed by atoms with Crippen LogP contribution in [-0.4, -0.2) is 18.8 Å². The van der Waals surface area contributed by atoms with Crippen LogP contribution in [0.3, 0.4) is 0 Å². The normalized spacial score (nSPS) is 17.2. The molecule has 0 fully saturated rings. The topological polar surface area (TPSA) is 46.0 Å². The molecule has 7 heteroatoms. The molecule has 2 aromatic heterocycles. The van der Waals surface area contributed by atoms with Crippen LogP contribution in [0.2, 0.25) is 5.15 Å². The van der Waals surface area contributed by atoms with E-state index < -0.39 is 0 Å². The molecule has 0 aliphatic carbocycles. The van der Waals surface area contributed by atoms with Crippen LogP contribution in [0.25, 0.3) is 16.7 Å². The molecule has 124 valence electrons. The molecule has 0 atom stereocenters. The summed E-state index contributed by atoms with van der Waals surface area (Å²) in [6, 6.07) is 0. The molecule has 1 N–H and O–H groups in total. The van der Waals surface area contributed by atoms with Crippen molar-refractivity contribution in [3.05, 3.63) is 51.5 Å². The summed E-state index contributed by atoms with van der Waals surface area (Å²) in [4.78, 5) is 9.03. The Hall–Kier alpha value is -1.92. The predicted molar refractivity (Wildman–Crippen MR) is 100 cm³/mol. The molecule has 0 bridgehead atoms. The van der Waals surface area contributed by atoms with E-state index in [0.29, 0.717) is 11.0 Å². The number of aryl methyl sites for hydroxylation is 2. The molecule has 0 saturated heterocycles. The summed E-state index contributed by atoms with van der Waals surface area (Å²) in [7, 11) is 0. The first kappa shape index (κ1) is 15.6. The quantitative estimate of drug-likeness (QED) is 0.601. The summed E-state index contributed by atoms with van der Waals surface area (Å²) in [5.41, 5.74) is 7.77. The Labute approximate surface area is 150 Å². The minimum atomic E-state index is 0.516. The zero-order chi connectivity index (χ0) is 17.2. The molecule has 0 unspecified atom stereocenters. The van der Waals surface area contributed by atoms with Gasteiger partial charge in [0, 0.05) is 17.6 Å². The van der Waals surface area contributed by atoms with Gasteiger partial charge in [0.05, 0.1) is 28.9 Å². The third kappa shape index (κ3) is 2.03. The molecule has 4 heterocycles. The lowest BCUT2D eigenvalue weighted by atomic mass is 10.1. The lowest BCUT2D eigenvalue weighted by Gasteiger charge is -2.28. The molecule has 0 radical (unpaired) electrons. The van der Waals surface area contributed by atoms with Gasteiger partial charge in [0.25, 0.3) is 0 Å². The van der Waals surface area contributed by atoms with Crippen LogP contribution in [0, 0.1) is 20.8 Å². The monoisotopic (exact) mass is 359 g/mol. The third-order valence-corrected chi connectivity index (χ3v) is 5.73. The lowest BCUT2D eigenvalue weighted by molar-refractivity contribution is 0.718. The molecule has 2 aliphatic rings. The van der Waals surface area contributed by atoms with Crippen LogP contribution in [0.15, 0.2) is 29.2 Å². The van der Waals surface area contributed by atoms with Gasteiger partial charge in [-0.1, -0.05) is 11.6 Å². The average Bonchev–Trinajstić information content (AvgIpc) is 3.07. The van der Waals surface area contributed by atoms with Crippen LogP contribution in [0.5, 0.6) is 0 Å². The van der Waals surface area contributed by atoms with Crippen molar-refractivity contribution in [2.24, 2.45) is 0 Å². The number of nitrogens with one attached hydrogen (secondary N) is 1. The molecule has 2 aromatic rings. The summed E-state index contributed by atoms with van der Waals surface area (Å²) >= 11 is 8.00. The van der Waals surface area contributed by atoms with Crippen LogP contribution in [0.4, 0.5) is 0 Å². The maximum Gasteiger partial charge on any atom is 0.150 e. The van der Waals surface area contributed by atoms with Gasteiger partial charge in [-0.2, -0.15) is 0 Å². The zero-order valence-corrected chi connectivity index (χ0v) is 15.8. The van der Waals surface area contributed by atoms with Gasteiger partial charge in [-0.3, -0.25) is 8.87 Å². The highest BCUT2D eigenvalue weighted by Crippen LogP contribution is 2.42. The van der Waals surface area contributed by atoms with E-state index in [0.717, 1.165) is 33.7 Å². The minimum absolute atomic E-state index is 0.516. The Bertz CT molecular complexity index is 983. The second-order valence-electron chi connectivity index (χ2n) is 6.16. The first-order valence-corrected chi connectivity index (χ1v) is 8.89. The Kier molecular flexibility index (Phi) is 3.44. The van der Waals surface area contributed by atoms with E-state index in [1.807, 2.05) is 13.1 Å². The second-order valence-corrected chi connectivity index (χ2v) is 7.30. The van der Waals surface area contributed by atoms with Crippen LogP contribution < -0.4 is 4.72 Å². The van der Waals surface area contributed by atoms with Crippen molar-refractivity contribution in [2.75, 3.05) is 0 Å². The smallest absolute Gasteiger partial charge is 0.150 e. The number of halogens is 1. The molecular weight excluding hydrogens is 342 g/mol. The standard InChI is InChI=1S/C17H18ClN5S/c1-8-6-9(2)23-13(7-19-24-23)15(8)22-11(4)10(3)14-16(18)20-12(5)21-17(14)22/h6-7,19H,1-5H3. The molecule has 0 aromatic carbocycles. The lowest BCUT2D eigenvalue weighted by Crippen LogP contribution is -2.19. The number of rotatable bonds is 1. The molecular formula is C17H18ClN5S. The first-order valence-electron chi connectivity index (χ1n) is 7.74. The molecule has 24 heavy (non-hydrogen) atoms. The van der Waals surface area contributed by atoms with Gasteiger partial charge in [-0.05, 0) is 51.8 Å². The Morgan fingerprint density at radius 2 is 1.88 bits per heavy atom. The molecule has 4 rings (SSSR count). The Balaban J connectivity index is 2.11. The van der Waals surface area contributed by atoms with Gasteiger partial charge < -0.3 is 4.72 Å². The summed E-state index contributed by atoms with van der Waals surface area (Å²) in [6.45, 7) is 10.3. The van der Waals surface area contributed by atoms with Crippen molar-refractivity contribution in [3.63, 3.8) is 0 Å². The maximum atomic E-state index is 6.43. The van der Waals surface area contributed by atoms with Gasteiger partial charge in [0.1, 0.15) is 16.6 Å². The number of nitrogens with zero attached hydrogens (tertiary/aromatic N) is 4. The molecule has 0 amide bonds. The van der Waals surface area contributed by atoms with E-state index in [4.69, 9.17) is 16.6 Å². The number of allylic oxidation sites excluding steroid dienone is 4. The van der Waals surface area contributed by atoms with E-state index in [9.17, 15) is 0 Å². The summed E-state index contributed by atoms with van der Waals surface area (Å²) in [5, 5.41) is 1.44. The Morgan fingerprint density at radius 1 is 1.12 bits per heavy atom. The third-order valence-electron chi connectivity index (χ3n) is 4.57. The van der Waals surface area contributed by atoms with Crippen molar-refractivity contribution < 1.29 is 0 Å². The molecule has 0 saturated carbocycles. The number of fused-ring (bicyclic) bond motifs is 2. The highest BCUT2D eigenvalue weighted by Gasteiger charge is 2.30. The fourth-order valence-electron chi connectivity index (χ4n) is 3.39. The van der Waals surface area contributed by atoms with E-state index in [1.165, 1.54) is 11.3 Å². The van der Waals surface area contributed by atoms with E-state index in [1.54, 1.807) is 12.1 Å². The van der Waals surface area contributed by atoms with E-state index in [2.05, 4.69) is 52.3 Å². The van der Waals surface area contributed by atoms with Crippen molar-refractivity contribution in [1.29, 1.82) is 0 Å². The van der Waals surface area contributed by atoms with E-state index >= 15 is 0 Å². The van der Waals surface area contributed by atoms with Crippen LogP contribution >= 0.6 is 23.7 Å². The van der Waals surface area contributed by atoms with Gasteiger partial charge in [0.15, 0.2) is 0 Å². The minimum Gasteiger partial charge on any atom is -0.316 e. The van der Waals surface area contributed by atoms with Gasteiger partial charge in [-0.15, -0.1) is 0 Å². The largest absolute Gasteiger partial charge is 0.316 e. The SMILES string of the molecule is CC1=CC(C)=C(n2c(C)c(C)c3c(Cl)nc(C)nc32)C2=CNSN12. The fraction of sp³-hybridized carbons (Fsp3) is 0.294. The maximum absolute atomic E-state index is 6.43. The van der Waals surface area contributed by atoms with Crippen LogP contribution in [0.1, 0.15) is 30.9 Å². The fourth-order valence-corrected chi connectivity index (χ4v) is 4.44. The second kappa shape index (κ2) is 5.29. The average molecular weight is 360 g/mol. The number of aromatic nitrogens is 3. The van der Waals surface area contributed by atoms with Crippen molar-refractivity contribution in [1.82, 2.24) is 23.6 Å². The van der Waals surface area contributed by atoms with E-state index in [-0.39, 0.29) is 0 Å². The van der Waals surface area contributed by atoms with Gasteiger partial charge in [-0.25, -0.2) is 9.97 Å².